The topological polar surface area (TPSA) is 81.4 Å². The van der Waals surface area contributed by atoms with Crippen molar-refractivity contribution in [2.45, 2.75) is 33.3 Å². The van der Waals surface area contributed by atoms with Crippen molar-refractivity contribution in [3.63, 3.8) is 0 Å². The molecule has 0 aliphatic rings. The molecule has 0 aliphatic carbocycles. The van der Waals surface area contributed by atoms with Gasteiger partial charge < -0.3 is 9.84 Å². The van der Waals surface area contributed by atoms with Crippen LogP contribution in [0.3, 0.4) is 0 Å². The minimum atomic E-state index is -0.822. The van der Waals surface area contributed by atoms with Crippen molar-refractivity contribution in [1.29, 1.82) is 0 Å². The zero-order valence-electron chi connectivity index (χ0n) is 13.0. The average Bonchev–Trinajstić information content (AvgIpc) is 2.38. The molecule has 2 rings (SSSR count). The van der Waals surface area contributed by atoms with Gasteiger partial charge in [0.15, 0.2) is 0 Å². The predicted molar refractivity (Wildman–Crippen MR) is 82.0 cm³/mol. The molecule has 2 aromatic rings. The van der Waals surface area contributed by atoms with Gasteiger partial charge in [0.1, 0.15) is 11.4 Å². The summed E-state index contributed by atoms with van der Waals surface area (Å²) in [5, 5.41) is 13.4. The number of aryl methyl sites for hydroxylation is 1. The van der Waals surface area contributed by atoms with Crippen LogP contribution >= 0.6 is 0 Å². The zero-order chi connectivity index (χ0) is 16.5. The van der Waals surface area contributed by atoms with E-state index >= 15 is 0 Å². The molecule has 0 bridgehead atoms. The van der Waals surface area contributed by atoms with Crippen molar-refractivity contribution in [1.82, 2.24) is 9.78 Å². The van der Waals surface area contributed by atoms with Crippen LogP contribution in [0.4, 0.5) is 4.79 Å². The SMILES string of the molecule is Cc1cc(=O)n(C(=O)OC(C)(C)C)nc1-c1ccc(O)cc1. The first-order chi connectivity index (χ1) is 10.2. The number of ether oxygens (including phenoxy) is 1. The summed E-state index contributed by atoms with van der Waals surface area (Å²) in [6.07, 6.45) is -0.822. The highest BCUT2D eigenvalue weighted by molar-refractivity contribution is 5.71. The maximum atomic E-state index is 12.1. The standard InChI is InChI=1S/C16H18N2O4/c1-10-9-13(20)18(15(21)22-16(2,3)4)17-14(10)11-5-7-12(19)8-6-11/h5-9,19H,1-4H3. The Labute approximate surface area is 128 Å². The van der Waals surface area contributed by atoms with Gasteiger partial charge in [-0.2, -0.15) is 5.10 Å². The monoisotopic (exact) mass is 302 g/mol. The lowest BCUT2D eigenvalue weighted by molar-refractivity contribution is 0.0506. The van der Waals surface area contributed by atoms with Gasteiger partial charge in [0, 0.05) is 11.6 Å². The van der Waals surface area contributed by atoms with Crippen LogP contribution < -0.4 is 5.56 Å². The van der Waals surface area contributed by atoms with E-state index in [2.05, 4.69) is 5.10 Å². The van der Waals surface area contributed by atoms with Crippen LogP contribution in [0, 0.1) is 6.92 Å². The van der Waals surface area contributed by atoms with Gasteiger partial charge in [-0.3, -0.25) is 4.79 Å². The van der Waals surface area contributed by atoms with Crippen LogP contribution in [0.25, 0.3) is 11.3 Å². The van der Waals surface area contributed by atoms with Gasteiger partial charge in [-0.1, -0.05) is 0 Å². The van der Waals surface area contributed by atoms with Crippen molar-refractivity contribution in [2.75, 3.05) is 0 Å². The summed E-state index contributed by atoms with van der Waals surface area (Å²) in [6, 6.07) is 7.68. The first-order valence-corrected chi connectivity index (χ1v) is 6.81. The summed E-state index contributed by atoms with van der Waals surface area (Å²) in [4.78, 5) is 24.0. The highest BCUT2D eigenvalue weighted by Crippen LogP contribution is 2.22. The normalized spacial score (nSPS) is 11.3. The molecular formula is C16H18N2O4. The number of carbonyl (C=O) groups is 1. The van der Waals surface area contributed by atoms with Gasteiger partial charge in [0.25, 0.3) is 5.56 Å². The second kappa shape index (κ2) is 5.63. The highest BCUT2D eigenvalue weighted by atomic mass is 16.6. The smallest absolute Gasteiger partial charge is 0.438 e. The van der Waals surface area contributed by atoms with Crippen molar-refractivity contribution in [3.8, 4) is 17.0 Å². The molecular weight excluding hydrogens is 284 g/mol. The molecule has 0 atom stereocenters. The summed E-state index contributed by atoms with van der Waals surface area (Å²) < 4.78 is 5.88. The van der Waals surface area contributed by atoms with Crippen molar-refractivity contribution in [2.24, 2.45) is 0 Å². The lowest BCUT2D eigenvalue weighted by atomic mass is 10.1. The van der Waals surface area contributed by atoms with Crippen molar-refractivity contribution >= 4 is 6.09 Å². The second-order valence-corrected chi connectivity index (χ2v) is 5.95. The van der Waals surface area contributed by atoms with E-state index < -0.39 is 17.3 Å². The van der Waals surface area contributed by atoms with Gasteiger partial charge >= 0.3 is 6.09 Å². The maximum Gasteiger partial charge on any atom is 0.438 e. The number of nitrogens with zero attached hydrogens (tertiary/aromatic N) is 2. The minimum Gasteiger partial charge on any atom is -0.508 e. The number of benzene rings is 1. The van der Waals surface area contributed by atoms with E-state index in [0.29, 0.717) is 21.5 Å². The van der Waals surface area contributed by atoms with E-state index in [4.69, 9.17) is 4.74 Å². The maximum absolute atomic E-state index is 12.1. The molecule has 116 valence electrons. The molecule has 22 heavy (non-hydrogen) atoms. The fraction of sp³-hybridized carbons (Fsp3) is 0.312. The summed E-state index contributed by atoms with van der Waals surface area (Å²) in [6.45, 7) is 6.87. The molecule has 1 aromatic carbocycles. The molecule has 0 aliphatic heterocycles. The molecule has 0 radical (unpaired) electrons. The van der Waals surface area contributed by atoms with Crippen LogP contribution in [0.15, 0.2) is 35.1 Å². The Kier molecular flexibility index (Phi) is 4.03. The molecule has 1 N–H and O–H groups in total. The highest BCUT2D eigenvalue weighted by Gasteiger charge is 2.20. The molecule has 0 saturated heterocycles. The number of hydrogen-bond acceptors (Lipinski definition) is 5. The van der Waals surface area contributed by atoms with E-state index in [9.17, 15) is 14.7 Å². The fourth-order valence-electron chi connectivity index (χ4n) is 1.88. The second-order valence-electron chi connectivity index (χ2n) is 5.95. The molecule has 0 spiro atoms. The molecule has 6 heteroatoms. The van der Waals surface area contributed by atoms with Gasteiger partial charge in [-0.15, -0.1) is 4.68 Å². The van der Waals surface area contributed by atoms with Crippen LogP contribution in [0.5, 0.6) is 5.75 Å². The number of rotatable bonds is 1. The first-order valence-electron chi connectivity index (χ1n) is 6.81. The molecule has 0 unspecified atom stereocenters. The number of aromatic hydroxyl groups is 1. The summed E-state index contributed by atoms with van der Waals surface area (Å²) in [7, 11) is 0. The Bertz CT molecular complexity index is 755. The van der Waals surface area contributed by atoms with Crippen LogP contribution in [0.2, 0.25) is 0 Å². The Morgan fingerprint density at radius 2 is 1.82 bits per heavy atom. The fourth-order valence-corrected chi connectivity index (χ4v) is 1.88. The van der Waals surface area contributed by atoms with E-state index in [0.717, 1.165) is 0 Å². The van der Waals surface area contributed by atoms with E-state index in [1.54, 1.807) is 39.8 Å². The number of hydrogen-bond donors (Lipinski definition) is 1. The summed E-state index contributed by atoms with van der Waals surface area (Å²) >= 11 is 0. The molecule has 1 heterocycles. The van der Waals surface area contributed by atoms with Gasteiger partial charge in [0.05, 0.1) is 5.69 Å². The number of aromatic nitrogens is 2. The van der Waals surface area contributed by atoms with Gasteiger partial charge in [-0.05, 0) is 57.5 Å². The molecule has 0 saturated carbocycles. The third-order valence-electron chi connectivity index (χ3n) is 2.83. The molecule has 0 amide bonds. The number of phenolic OH excluding ortho intramolecular Hbond substituents is 1. The lowest BCUT2D eigenvalue weighted by Crippen LogP contribution is -2.35. The Morgan fingerprint density at radius 3 is 2.36 bits per heavy atom. The average molecular weight is 302 g/mol. The summed E-state index contributed by atoms with van der Waals surface area (Å²) in [5.74, 6) is 0.127. The molecule has 1 aromatic heterocycles. The summed E-state index contributed by atoms with van der Waals surface area (Å²) in [5.41, 5.74) is 0.532. The van der Waals surface area contributed by atoms with Gasteiger partial charge in [-0.25, -0.2) is 4.79 Å². The van der Waals surface area contributed by atoms with Crippen molar-refractivity contribution < 1.29 is 14.6 Å². The molecule has 0 fully saturated rings. The third-order valence-corrected chi connectivity index (χ3v) is 2.83. The predicted octanol–water partition coefficient (Wildman–Crippen LogP) is 2.71. The lowest BCUT2D eigenvalue weighted by Gasteiger charge is -2.19. The number of carbonyl (C=O) groups excluding carboxylic acids is 1. The Hall–Kier alpha value is -2.63. The van der Waals surface area contributed by atoms with E-state index in [1.807, 2.05) is 0 Å². The van der Waals surface area contributed by atoms with Crippen LogP contribution in [-0.2, 0) is 4.74 Å². The quantitative estimate of drug-likeness (QED) is 0.876. The minimum absolute atomic E-state index is 0.127. The van der Waals surface area contributed by atoms with Crippen LogP contribution in [0.1, 0.15) is 26.3 Å². The number of phenols is 1. The largest absolute Gasteiger partial charge is 0.508 e. The zero-order valence-corrected chi connectivity index (χ0v) is 13.0. The Balaban J connectivity index is 2.49. The van der Waals surface area contributed by atoms with E-state index in [1.165, 1.54) is 18.2 Å². The van der Waals surface area contributed by atoms with Gasteiger partial charge in [0.2, 0.25) is 0 Å². The third kappa shape index (κ3) is 3.52. The molecule has 6 nitrogen and oxygen atoms in total. The van der Waals surface area contributed by atoms with Crippen molar-refractivity contribution in [3.05, 3.63) is 46.2 Å². The Morgan fingerprint density at radius 1 is 1.23 bits per heavy atom. The van der Waals surface area contributed by atoms with Crippen LogP contribution in [-0.4, -0.2) is 26.6 Å². The van der Waals surface area contributed by atoms with E-state index in [-0.39, 0.29) is 5.75 Å². The first kappa shape index (κ1) is 15.8.